The summed E-state index contributed by atoms with van der Waals surface area (Å²) in [5, 5.41) is 31.9. The van der Waals surface area contributed by atoms with Gasteiger partial charge in [0, 0.05) is 5.41 Å². The minimum atomic E-state index is -0.717. The highest BCUT2D eigenvalue weighted by atomic mass is 16.4. The molecular weight excluding hydrogens is 304 g/mol. The second-order valence-electron chi connectivity index (χ2n) is 9.57. The minimum absolute atomic E-state index is 0.0202. The minimum Gasteiger partial charge on any atom is -0.481 e. The van der Waals surface area contributed by atoms with Crippen LogP contribution in [0, 0.1) is 34.0 Å². The number of aliphatic hydroxyl groups is 2. The molecule has 0 radical (unpaired) electrons. The molecule has 0 heterocycles. The van der Waals surface area contributed by atoms with Crippen molar-refractivity contribution >= 4 is 5.97 Å². The summed E-state index contributed by atoms with van der Waals surface area (Å²) in [6, 6.07) is 0. The largest absolute Gasteiger partial charge is 0.481 e. The lowest BCUT2D eigenvalue weighted by molar-refractivity contribution is -0.212. The normalized spacial score (nSPS) is 56.5. The maximum absolute atomic E-state index is 12.1. The summed E-state index contributed by atoms with van der Waals surface area (Å²) in [7, 11) is 0. The smallest absolute Gasteiger partial charge is 0.309 e. The predicted molar refractivity (Wildman–Crippen MR) is 90.2 cm³/mol. The molecule has 0 aliphatic heterocycles. The predicted octanol–water partition coefficient (Wildman–Crippen LogP) is 2.98. The number of carbonyl (C=O) groups is 1. The van der Waals surface area contributed by atoms with Gasteiger partial charge in [-0.2, -0.15) is 0 Å². The standard InChI is InChI=1S/C20H30O4/c1-11-12-9-13(21)15-18(2)6-4-7-19(3,17(23)24)14(18)5-8-20(15,10-12)16(11)22/h12-16,21-22H,1,4-10H2,2-3H3,(H,23,24)/t12-,13?,14-,15-,16?,18+,19?,20+/m0/s1. The van der Waals surface area contributed by atoms with E-state index in [1.807, 2.05) is 6.92 Å². The SMILES string of the molecule is C=C1C(O)[C@@]23CC[C@@H]4C(C)(C(=O)O)CCC[C@@]4(C)[C@@H]2C(O)C[C@H]1C3. The molecule has 3 unspecified atom stereocenters. The van der Waals surface area contributed by atoms with Gasteiger partial charge in [0.1, 0.15) is 0 Å². The zero-order valence-electron chi connectivity index (χ0n) is 14.8. The van der Waals surface area contributed by atoms with Crippen LogP contribution in [-0.4, -0.2) is 33.5 Å². The molecule has 0 aromatic carbocycles. The number of aliphatic hydroxyl groups excluding tert-OH is 2. The molecule has 24 heavy (non-hydrogen) atoms. The highest BCUT2D eigenvalue weighted by Crippen LogP contribution is 2.72. The summed E-state index contributed by atoms with van der Waals surface area (Å²) >= 11 is 0. The molecule has 0 aromatic heterocycles. The van der Waals surface area contributed by atoms with E-state index in [0.29, 0.717) is 6.42 Å². The monoisotopic (exact) mass is 334 g/mol. The first kappa shape index (κ1) is 16.6. The van der Waals surface area contributed by atoms with E-state index in [1.54, 1.807) is 0 Å². The Bertz CT molecular complexity index is 600. The Kier molecular flexibility index (Phi) is 3.35. The second-order valence-corrected chi connectivity index (χ2v) is 9.57. The molecule has 8 atom stereocenters. The topological polar surface area (TPSA) is 77.8 Å². The van der Waals surface area contributed by atoms with Crippen LogP contribution < -0.4 is 0 Å². The summed E-state index contributed by atoms with van der Waals surface area (Å²) < 4.78 is 0. The third-order valence-electron chi connectivity index (χ3n) is 8.65. The third-order valence-corrected chi connectivity index (χ3v) is 8.65. The fourth-order valence-corrected chi connectivity index (χ4v) is 7.73. The van der Waals surface area contributed by atoms with Gasteiger partial charge in [-0.05, 0) is 74.2 Å². The zero-order valence-corrected chi connectivity index (χ0v) is 14.8. The van der Waals surface area contributed by atoms with Gasteiger partial charge in [0.2, 0.25) is 0 Å². The van der Waals surface area contributed by atoms with E-state index in [9.17, 15) is 20.1 Å². The van der Waals surface area contributed by atoms with Gasteiger partial charge in [-0.3, -0.25) is 4.79 Å². The van der Waals surface area contributed by atoms with E-state index in [-0.39, 0.29) is 28.6 Å². The molecule has 1 spiro atoms. The lowest BCUT2D eigenvalue weighted by Crippen LogP contribution is -2.63. The molecule has 0 amide bonds. The highest BCUT2D eigenvalue weighted by molar-refractivity contribution is 5.75. The van der Waals surface area contributed by atoms with Crippen LogP contribution in [0.15, 0.2) is 12.2 Å². The number of hydrogen-bond donors (Lipinski definition) is 3. The van der Waals surface area contributed by atoms with Crippen LogP contribution in [-0.2, 0) is 4.79 Å². The second kappa shape index (κ2) is 4.85. The Morgan fingerprint density at radius 3 is 2.58 bits per heavy atom. The van der Waals surface area contributed by atoms with Gasteiger partial charge in [-0.1, -0.05) is 19.9 Å². The molecule has 0 saturated heterocycles. The number of carboxylic acid groups (broad SMARTS) is 1. The fourth-order valence-electron chi connectivity index (χ4n) is 7.73. The maximum Gasteiger partial charge on any atom is 0.309 e. The molecule has 4 heteroatoms. The quantitative estimate of drug-likeness (QED) is 0.644. The molecule has 3 N–H and O–H groups in total. The van der Waals surface area contributed by atoms with Gasteiger partial charge >= 0.3 is 5.97 Å². The summed E-state index contributed by atoms with van der Waals surface area (Å²) in [5.41, 5.74) is -0.331. The van der Waals surface area contributed by atoms with Crippen molar-refractivity contribution < 1.29 is 20.1 Å². The molecule has 134 valence electrons. The summed E-state index contributed by atoms with van der Waals surface area (Å²) in [4.78, 5) is 12.1. The average molecular weight is 334 g/mol. The van der Waals surface area contributed by atoms with E-state index < -0.39 is 23.6 Å². The van der Waals surface area contributed by atoms with Gasteiger partial charge in [0.05, 0.1) is 17.6 Å². The van der Waals surface area contributed by atoms with Gasteiger partial charge in [-0.25, -0.2) is 0 Å². The number of fused-ring (bicyclic) bond motifs is 3. The number of rotatable bonds is 1. The summed E-state index contributed by atoms with van der Waals surface area (Å²) in [5.74, 6) is -0.429. The maximum atomic E-state index is 12.1. The van der Waals surface area contributed by atoms with E-state index in [4.69, 9.17) is 0 Å². The zero-order chi connectivity index (χ0) is 17.5. The lowest BCUT2D eigenvalue weighted by Gasteiger charge is -2.64. The average Bonchev–Trinajstić information content (AvgIpc) is 2.68. The van der Waals surface area contributed by atoms with Gasteiger partial charge in [0.15, 0.2) is 0 Å². The van der Waals surface area contributed by atoms with Gasteiger partial charge in [0.25, 0.3) is 0 Å². The van der Waals surface area contributed by atoms with Crippen LogP contribution in [0.1, 0.15) is 58.8 Å². The van der Waals surface area contributed by atoms with E-state index in [1.165, 1.54) is 0 Å². The van der Waals surface area contributed by atoms with Crippen molar-refractivity contribution in [3.63, 3.8) is 0 Å². The van der Waals surface area contributed by atoms with E-state index >= 15 is 0 Å². The van der Waals surface area contributed by atoms with Crippen LogP contribution in [0.5, 0.6) is 0 Å². The summed E-state index contributed by atoms with van der Waals surface area (Å²) in [6.07, 6.45) is 4.80. The fraction of sp³-hybridized carbons (Fsp3) is 0.850. The molecule has 4 aliphatic carbocycles. The van der Waals surface area contributed by atoms with Crippen LogP contribution in [0.4, 0.5) is 0 Å². The molecule has 4 aliphatic rings. The lowest BCUT2D eigenvalue weighted by atomic mass is 9.40. The Morgan fingerprint density at radius 2 is 1.92 bits per heavy atom. The van der Waals surface area contributed by atoms with Crippen LogP contribution >= 0.6 is 0 Å². The molecular formula is C20H30O4. The first-order valence-electron chi connectivity index (χ1n) is 9.45. The summed E-state index contributed by atoms with van der Waals surface area (Å²) in [6.45, 7) is 8.22. The Labute approximate surface area is 144 Å². The van der Waals surface area contributed by atoms with Crippen molar-refractivity contribution in [3.05, 3.63) is 12.2 Å². The van der Waals surface area contributed by atoms with Crippen molar-refractivity contribution in [1.82, 2.24) is 0 Å². The molecule has 4 fully saturated rings. The van der Waals surface area contributed by atoms with Crippen molar-refractivity contribution in [2.24, 2.45) is 34.0 Å². The van der Waals surface area contributed by atoms with Crippen LogP contribution in [0.3, 0.4) is 0 Å². The Morgan fingerprint density at radius 1 is 1.21 bits per heavy atom. The van der Waals surface area contributed by atoms with E-state index in [0.717, 1.165) is 44.1 Å². The first-order valence-corrected chi connectivity index (χ1v) is 9.45. The van der Waals surface area contributed by atoms with Crippen molar-refractivity contribution in [2.45, 2.75) is 71.0 Å². The number of carboxylic acids is 1. The Hall–Kier alpha value is -0.870. The van der Waals surface area contributed by atoms with Gasteiger partial charge < -0.3 is 15.3 Å². The number of hydrogen-bond acceptors (Lipinski definition) is 3. The van der Waals surface area contributed by atoms with Crippen molar-refractivity contribution in [2.75, 3.05) is 0 Å². The van der Waals surface area contributed by atoms with Crippen molar-refractivity contribution in [3.8, 4) is 0 Å². The molecule has 0 aromatic rings. The molecule has 4 nitrogen and oxygen atoms in total. The molecule has 4 saturated carbocycles. The Balaban J connectivity index is 1.82. The first-order chi connectivity index (χ1) is 11.2. The molecule has 2 bridgehead atoms. The third kappa shape index (κ3) is 1.74. The van der Waals surface area contributed by atoms with E-state index in [2.05, 4.69) is 13.5 Å². The van der Waals surface area contributed by atoms with Crippen LogP contribution in [0.25, 0.3) is 0 Å². The van der Waals surface area contributed by atoms with Crippen LogP contribution in [0.2, 0.25) is 0 Å². The highest BCUT2D eigenvalue weighted by Gasteiger charge is 2.69. The van der Waals surface area contributed by atoms with Crippen molar-refractivity contribution in [1.29, 1.82) is 0 Å². The molecule has 4 rings (SSSR count). The number of aliphatic carboxylic acids is 1. The van der Waals surface area contributed by atoms with Gasteiger partial charge in [-0.15, -0.1) is 0 Å².